The van der Waals surface area contributed by atoms with Gasteiger partial charge in [0.1, 0.15) is 6.10 Å². The zero-order chi connectivity index (χ0) is 35.9. The first kappa shape index (κ1) is 47.6. The topological polar surface area (TPSA) is 76.1 Å². The van der Waals surface area contributed by atoms with Gasteiger partial charge in [-0.25, -0.2) is 0 Å². The maximum absolute atomic E-state index is 12.7. The molecule has 0 saturated heterocycles. The summed E-state index contributed by atoms with van der Waals surface area (Å²) in [5.74, 6) is -0.0705. The molecule has 0 aromatic carbocycles. The van der Waals surface area contributed by atoms with Crippen LogP contribution in [0.4, 0.5) is 0 Å². The molecule has 0 fully saturated rings. The zero-order valence-corrected chi connectivity index (χ0v) is 33.0. The highest BCUT2D eigenvalue weighted by Gasteiger charge is 2.14. The third-order valence-electron chi connectivity index (χ3n) is 9.60. The van der Waals surface area contributed by atoms with E-state index in [1.165, 1.54) is 96.3 Å². The summed E-state index contributed by atoms with van der Waals surface area (Å²) in [6.07, 6.45) is 38.2. The number of hydrogen-bond donors (Lipinski definition) is 1. The van der Waals surface area contributed by atoms with Gasteiger partial charge in [-0.1, -0.05) is 136 Å². The Kier molecular flexibility index (Phi) is 38.3. The van der Waals surface area contributed by atoms with Gasteiger partial charge in [0.15, 0.2) is 0 Å². The van der Waals surface area contributed by atoms with E-state index < -0.39 is 0 Å². The van der Waals surface area contributed by atoms with Gasteiger partial charge in [0, 0.05) is 19.4 Å². The molecule has 0 spiro atoms. The molecule has 0 aromatic heterocycles. The van der Waals surface area contributed by atoms with E-state index in [1.807, 2.05) is 0 Å². The van der Waals surface area contributed by atoms with Crippen molar-refractivity contribution < 1.29 is 24.2 Å². The van der Waals surface area contributed by atoms with Gasteiger partial charge >= 0.3 is 11.9 Å². The quantitative estimate of drug-likeness (QED) is 0.0392. The summed E-state index contributed by atoms with van der Waals surface area (Å²) < 4.78 is 11.4. The number of aliphatic hydroxyl groups is 1. The molecule has 6 nitrogen and oxygen atoms in total. The number of hydrogen-bond acceptors (Lipinski definition) is 6. The summed E-state index contributed by atoms with van der Waals surface area (Å²) >= 11 is 0. The van der Waals surface area contributed by atoms with E-state index in [1.54, 1.807) is 0 Å². The van der Waals surface area contributed by atoms with Gasteiger partial charge < -0.3 is 19.5 Å². The van der Waals surface area contributed by atoms with Crippen molar-refractivity contribution in [2.75, 3.05) is 32.8 Å². The number of rotatable bonds is 39. The molecule has 0 aromatic rings. The third kappa shape index (κ3) is 36.2. The Labute approximate surface area is 304 Å². The molecule has 0 rings (SSSR count). The number of unbranched alkanes of at least 4 members (excludes halogenated alkanes) is 20. The lowest BCUT2D eigenvalue weighted by Crippen LogP contribution is -2.29. The van der Waals surface area contributed by atoms with E-state index >= 15 is 0 Å². The van der Waals surface area contributed by atoms with Crippen molar-refractivity contribution in [2.45, 2.75) is 219 Å². The second kappa shape index (κ2) is 39.4. The van der Waals surface area contributed by atoms with Crippen molar-refractivity contribution in [1.29, 1.82) is 0 Å². The Balaban J connectivity index is 4.00. The molecule has 0 atom stereocenters. The molecule has 0 amide bonds. The lowest BCUT2D eigenvalue weighted by Gasteiger charge is -2.21. The Morgan fingerprint density at radius 3 is 1.55 bits per heavy atom. The first-order valence-corrected chi connectivity index (χ1v) is 21.4. The summed E-state index contributed by atoms with van der Waals surface area (Å²) in [6.45, 7) is 10.1. The second-order valence-corrected chi connectivity index (χ2v) is 14.4. The Hall–Kier alpha value is -1.40. The van der Waals surface area contributed by atoms with E-state index in [9.17, 15) is 14.7 Å². The van der Waals surface area contributed by atoms with Crippen LogP contribution in [-0.2, 0) is 19.1 Å². The maximum Gasteiger partial charge on any atom is 0.306 e. The Morgan fingerprint density at radius 1 is 0.531 bits per heavy atom. The molecule has 6 heteroatoms. The van der Waals surface area contributed by atoms with Crippen LogP contribution in [0.2, 0.25) is 0 Å². The number of esters is 2. The predicted molar refractivity (Wildman–Crippen MR) is 209 cm³/mol. The van der Waals surface area contributed by atoms with Crippen molar-refractivity contribution in [2.24, 2.45) is 0 Å². The van der Waals surface area contributed by atoms with Crippen molar-refractivity contribution >= 4 is 11.9 Å². The molecular weight excluding hydrogens is 610 g/mol. The monoisotopic (exact) mass is 694 g/mol. The van der Waals surface area contributed by atoms with Crippen molar-refractivity contribution in [3.05, 3.63) is 12.2 Å². The van der Waals surface area contributed by atoms with Crippen LogP contribution in [0.1, 0.15) is 213 Å². The smallest absolute Gasteiger partial charge is 0.306 e. The second-order valence-electron chi connectivity index (χ2n) is 14.4. The maximum atomic E-state index is 12.7. The summed E-state index contributed by atoms with van der Waals surface area (Å²) in [7, 11) is 0. The molecule has 0 bridgehead atoms. The van der Waals surface area contributed by atoms with Crippen molar-refractivity contribution in [1.82, 2.24) is 4.90 Å². The van der Waals surface area contributed by atoms with Crippen LogP contribution in [0.3, 0.4) is 0 Å². The van der Waals surface area contributed by atoms with Crippen LogP contribution < -0.4 is 0 Å². The lowest BCUT2D eigenvalue weighted by atomic mass is 10.0. The van der Waals surface area contributed by atoms with Crippen LogP contribution in [0, 0.1) is 0 Å². The van der Waals surface area contributed by atoms with Gasteiger partial charge in [0.2, 0.25) is 0 Å². The molecule has 0 unspecified atom stereocenters. The number of allylic oxidation sites excluding steroid dienone is 2. The summed E-state index contributed by atoms with van der Waals surface area (Å²) in [5, 5.41) is 9.52. The van der Waals surface area contributed by atoms with Crippen molar-refractivity contribution in [3.8, 4) is 0 Å². The highest BCUT2D eigenvalue weighted by atomic mass is 16.5. The minimum atomic E-state index is -0.0754. The fourth-order valence-corrected chi connectivity index (χ4v) is 6.41. The van der Waals surface area contributed by atoms with Crippen LogP contribution in [0.15, 0.2) is 12.2 Å². The SMILES string of the molecule is CCCCC/C=C\CCCOC(=O)CCCCCN(CCO)CCCCCCCC(=O)OC(CCCCCCCC)CCCCCCCC. The standard InChI is InChI=1S/C43H83NO5/c1-4-7-10-13-16-17-23-31-40-48-42(46)34-28-24-30-37-44(38-39-45)36-29-22-18-21-27-35-43(47)49-41(32-25-19-14-11-8-5-2)33-26-20-15-12-9-6-3/h16-17,41,45H,4-15,18-40H2,1-3H3/b17-16-. The van der Waals surface area contributed by atoms with Gasteiger partial charge in [-0.05, 0) is 90.1 Å². The number of aliphatic hydroxyl groups excluding tert-OH is 1. The largest absolute Gasteiger partial charge is 0.466 e. The fourth-order valence-electron chi connectivity index (χ4n) is 6.41. The van der Waals surface area contributed by atoms with E-state index in [0.29, 0.717) is 26.0 Å². The molecule has 0 heterocycles. The predicted octanol–water partition coefficient (Wildman–Crippen LogP) is 12.1. The Morgan fingerprint density at radius 2 is 0.980 bits per heavy atom. The number of nitrogens with zero attached hydrogens (tertiary/aromatic N) is 1. The van der Waals surface area contributed by atoms with E-state index in [4.69, 9.17) is 9.47 Å². The normalized spacial score (nSPS) is 11.7. The average Bonchev–Trinajstić information content (AvgIpc) is 3.09. The molecule has 0 saturated carbocycles. The summed E-state index contributed by atoms with van der Waals surface area (Å²) in [4.78, 5) is 27.0. The fraction of sp³-hybridized carbons (Fsp3) is 0.907. The zero-order valence-electron chi connectivity index (χ0n) is 33.0. The molecule has 0 aliphatic rings. The molecule has 0 radical (unpaired) electrons. The van der Waals surface area contributed by atoms with Gasteiger partial charge in [-0.3, -0.25) is 9.59 Å². The molecule has 49 heavy (non-hydrogen) atoms. The van der Waals surface area contributed by atoms with E-state index in [0.717, 1.165) is 96.6 Å². The van der Waals surface area contributed by atoms with Crippen molar-refractivity contribution in [3.63, 3.8) is 0 Å². The average molecular weight is 694 g/mol. The van der Waals surface area contributed by atoms with E-state index in [-0.39, 0.29) is 24.6 Å². The lowest BCUT2D eigenvalue weighted by molar-refractivity contribution is -0.150. The summed E-state index contributed by atoms with van der Waals surface area (Å²) in [5.41, 5.74) is 0. The minimum Gasteiger partial charge on any atom is -0.466 e. The van der Waals surface area contributed by atoms with Gasteiger partial charge in [0.05, 0.1) is 13.2 Å². The number of carbonyl (C=O) groups excluding carboxylic acids is 2. The van der Waals surface area contributed by atoms with E-state index in [2.05, 4.69) is 37.8 Å². The molecule has 0 aliphatic carbocycles. The van der Waals surface area contributed by atoms with Crippen LogP contribution in [0.25, 0.3) is 0 Å². The number of ether oxygens (including phenoxy) is 2. The van der Waals surface area contributed by atoms with Gasteiger partial charge in [-0.15, -0.1) is 0 Å². The van der Waals surface area contributed by atoms with Crippen LogP contribution >= 0.6 is 0 Å². The highest BCUT2D eigenvalue weighted by molar-refractivity contribution is 5.69. The first-order valence-electron chi connectivity index (χ1n) is 21.4. The molecule has 0 aliphatic heterocycles. The summed E-state index contributed by atoms with van der Waals surface area (Å²) in [6, 6.07) is 0. The van der Waals surface area contributed by atoms with Crippen LogP contribution in [-0.4, -0.2) is 60.9 Å². The minimum absolute atomic E-state index is 0.00488. The molecular formula is C43H83NO5. The molecule has 1 N–H and O–H groups in total. The first-order chi connectivity index (χ1) is 24.1. The third-order valence-corrected chi connectivity index (χ3v) is 9.60. The molecule has 290 valence electrons. The Bertz CT molecular complexity index is 711. The highest BCUT2D eigenvalue weighted by Crippen LogP contribution is 2.18. The van der Waals surface area contributed by atoms with Crippen LogP contribution in [0.5, 0.6) is 0 Å². The number of carbonyl (C=O) groups is 2. The van der Waals surface area contributed by atoms with Gasteiger partial charge in [-0.2, -0.15) is 0 Å². The van der Waals surface area contributed by atoms with Gasteiger partial charge in [0.25, 0.3) is 0 Å².